The minimum Gasteiger partial charge on any atom is -0.493 e. The third-order valence-corrected chi connectivity index (χ3v) is 6.19. The van der Waals surface area contributed by atoms with Gasteiger partial charge in [-0.1, -0.05) is 17.4 Å². The van der Waals surface area contributed by atoms with E-state index in [4.69, 9.17) is 9.47 Å². The Bertz CT molecular complexity index is 941. The predicted molar refractivity (Wildman–Crippen MR) is 113 cm³/mol. The molecule has 2 fully saturated rings. The van der Waals surface area contributed by atoms with Crippen molar-refractivity contribution in [3.63, 3.8) is 0 Å². The highest BCUT2D eigenvalue weighted by Crippen LogP contribution is 2.42. The normalized spacial score (nSPS) is 18.7. The third-order valence-electron chi connectivity index (χ3n) is 5.18. The molecule has 1 atom stereocenters. The molecule has 9 heteroatoms. The summed E-state index contributed by atoms with van der Waals surface area (Å²) in [6.07, 6.45) is 2.66. The van der Waals surface area contributed by atoms with E-state index in [1.54, 1.807) is 12.0 Å². The number of hydrogen-bond donors (Lipinski definition) is 1. The monoisotopic (exact) mass is 430 g/mol. The first-order valence-corrected chi connectivity index (χ1v) is 11.0. The molecule has 0 bridgehead atoms. The standard InChI is InChI=1S/C21H26N4O4S/c1-12(2)29-17-8-14(6-7-16(17)28-3)15-9-19(27)25(10-15)11-18(26)22-21-24-23-20(30-21)13-4-5-13/h6-8,12-13,15H,4-5,9-11H2,1-3H3,(H,22,24,26)/t15-/m1/s1. The molecule has 30 heavy (non-hydrogen) atoms. The minimum atomic E-state index is -0.249. The summed E-state index contributed by atoms with van der Waals surface area (Å²) in [6.45, 7) is 4.41. The molecular weight excluding hydrogens is 404 g/mol. The number of ether oxygens (including phenoxy) is 2. The number of carbonyl (C=O) groups excluding carboxylic acids is 2. The summed E-state index contributed by atoms with van der Waals surface area (Å²) < 4.78 is 11.2. The number of nitrogens with one attached hydrogen (secondary N) is 1. The van der Waals surface area contributed by atoms with E-state index in [9.17, 15) is 9.59 Å². The van der Waals surface area contributed by atoms with Crippen LogP contribution in [-0.4, -0.2) is 53.2 Å². The molecule has 1 saturated heterocycles. The van der Waals surface area contributed by atoms with Gasteiger partial charge in [-0.3, -0.25) is 14.9 Å². The SMILES string of the molecule is COc1ccc([C@@H]2CC(=O)N(CC(=O)Nc3nnc(C4CC4)s3)C2)cc1OC(C)C. The van der Waals surface area contributed by atoms with Crippen molar-refractivity contribution in [1.82, 2.24) is 15.1 Å². The van der Waals surface area contributed by atoms with Crippen LogP contribution in [0, 0.1) is 0 Å². The topological polar surface area (TPSA) is 93.7 Å². The lowest BCUT2D eigenvalue weighted by molar-refractivity contribution is -0.131. The molecule has 1 aliphatic heterocycles. The quantitative estimate of drug-likeness (QED) is 0.691. The van der Waals surface area contributed by atoms with Crippen LogP contribution < -0.4 is 14.8 Å². The van der Waals surface area contributed by atoms with Crippen LogP contribution in [-0.2, 0) is 9.59 Å². The van der Waals surface area contributed by atoms with Crippen molar-refractivity contribution in [1.29, 1.82) is 0 Å². The van der Waals surface area contributed by atoms with Crippen LogP contribution in [0.15, 0.2) is 18.2 Å². The van der Waals surface area contributed by atoms with Gasteiger partial charge in [0, 0.05) is 24.8 Å². The van der Waals surface area contributed by atoms with Gasteiger partial charge in [0.1, 0.15) is 5.01 Å². The Morgan fingerprint density at radius 2 is 2.07 bits per heavy atom. The van der Waals surface area contributed by atoms with Crippen molar-refractivity contribution in [2.45, 2.75) is 51.0 Å². The summed E-state index contributed by atoms with van der Waals surface area (Å²) in [4.78, 5) is 26.5. The highest BCUT2D eigenvalue weighted by molar-refractivity contribution is 7.15. The van der Waals surface area contributed by atoms with Crippen LogP contribution >= 0.6 is 11.3 Å². The number of nitrogens with zero attached hydrogens (tertiary/aromatic N) is 3. The van der Waals surface area contributed by atoms with Crippen LogP contribution in [0.4, 0.5) is 5.13 Å². The Kier molecular flexibility index (Phi) is 5.90. The Hall–Kier alpha value is -2.68. The van der Waals surface area contributed by atoms with Gasteiger partial charge in [-0.2, -0.15) is 0 Å². The summed E-state index contributed by atoms with van der Waals surface area (Å²) in [5.74, 6) is 1.55. The van der Waals surface area contributed by atoms with Crippen LogP contribution in [0.25, 0.3) is 0 Å². The number of aromatic nitrogens is 2. The van der Waals surface area contributed by atoms with Gasteiger partial charge in [0.2, 0.25) is 16.9 Å². The fraction of sp³-hybridized carbons (Fsp3) is 0.524. The van der Waals surface area contributed by atoms with E-state index in [-0.39, 0.29) is 30.4 Å². The van der Waals surface area contributed by atoms with Gasteiger partial charge in [-0.25, -0.2) is 0 Å². The van der Waals surface area contributed by atoms with Crippen LogP contribution in [0.2, 0.25) is 0 Å². The lowest BCUT2D eigenvalue weighted by atomic mass is 9.98. The van der Waals surface area contributed by atoms with Crippen LogP contribution in [0.3, 0.4) is 0 Å². The number of anilines is 1. The smallest absolute Gasteiger partial charge is 0.245 e. The van der Waals surface area contributed by atoms with Crippen molar-refractivity contribution in [2.75, 3.05) is 25.5 Å². The maximum Gasteiger partial charge on any atom is 0.245 e. The van der Waals surface area contributed by atoms with Crippen LogP contribution in [0.5, 0.6) is 11.5 Å². The van der Waals surface area contributed by atoms with Gasteiger partial charge in [-0.05, 0) is 44.4 Å². The first-order valence-electron chi connectivity index (χ1n) is 10.2. The van der Waals surface area contributed by atoms with Crippen molar-refractivity contribution in [3.05, 3.63) is 28.8 Å². The number of benzene rings is 1. The molecule has 0 radical (unpaired) electrons. The summed E-state index contributed by atoms with van der Waals surface area (Å²) in [5, 5.41) is 12.4. The average molecular weight is 431 g/mol. The fourth-order valence-electron chi connectivity index (χ4n) is 3.55. The molecule has 0 unspecified atom stereocenters. The second-order valence-electron chi connectivity index (χ2n) is 8.02. The number of likely N-dealkylation sites (tertiary alicyclic amines) is 1. The molecule has 1 saturated carbocycles. The Labute approximate surface area is 179 Å². The molecule has 1 aromatic heterocycles. The van der Waals surface area contributed by atoms with Gasteiger partial charge in [0.25, 0.3) is 0 Å². The van der Waals surface area contributed by atoms with E-state index in [0.717, 1.165) is 23.4 Å². The summed E-state index contributed by atoms with van der Waals surface area (Å²) in [5.41, 5.74) is 1.00. The first-order chi connectivity index (χ1) is 14.4. The van der Waals surface area contributed by atoms with Crippen molar-refractivity contribution >= 4 is 28.3 Å². The van der Waals surface area contributed by atoms with Gasteiger partial charge in [0.15, 0.2) is 11.5 Å². The Morgan fingerprint density at radius 3 is 2.77 bits per heavy atom. The van der Waals surface area contributed by atoms with E-state index >= 15 is 0 Å². The highest BCUT2D eigenvalue weighted by Gasteiger charge is 2.33. The molecule has 2 amide bonds. The molecular formula is C21H26N4O4S. The summed E-state index contributed by atoms with van der Waals surface area (Å²) in [6, 6.07) is 5.75. The fourth-order valence-corrected chi connectivity index (χ4v) is 4.48. The van der Waals surface area contributed by atoms with Gasteiger partial charge in [0.05, 0.1) is 19.8 Å². The van der Waals surface area contributed by atoms with Gasteiger partial charge in [-0.15, -0.1) is 10.2 Å². The molecule has 1 aromatic carbocycles. The zero-order chi connectivity index (χ0) is 21.3. The number of amides is 2. The van der Waals surface area contributed by atoms with E-state index in [1.807, 2.05) is 32.0 Å². The highest BCUT2D eigenvalue weighted by atomic mass is 32.1. The molecule has 0 spiro atoms. The molecule has 8 nitrogen and oxygen atoms in total. The van der Waals surface area contributed by atoms with E-state index in [2.05, 4.69) is 15.5 Å². The lowest BCUT2D eigenvalue weighted by Crippen LogP contribution is -2.34. The predicted octanol–water partition coefficient (Wildman–Crippen LogP) is 3.17. The molecule has 1 N–H and O–H groups in total. The summed E-state index contributed by atoms with van der Waals surface area (Å²) >= 11 is 1.41. The molecule has 2 aliphatic rings. The second kappa shape index (κ2) is 8.59. The lowest BCUT2D eigenvalue weighted by Gasteiger charge is -2.18. The Morgan fingerprint density at radius 1 is 1.27 bits per heavy atom. The third kappa shape index (κ3) is 4.72. The number of methoxy groups -OCH3 is 1. The average Bonchev–Trinajstić information content (AvgIpc) is 3.35. The first kappa shape index (κ1) is 20.6. The largest absolute Gasteiger partial charge is 0.493 e. The van der Waals surface area contributed by atoms with E-state index in [0.29, 0.717) is 35.5 Å². The maximum atomic E-state index is 12.5. The number of rotatable bonds is 8. The maximum absolute atomic E-state index is 12.5. The van der Waals surface area contributed by atoms with E-state index < -0.39 is 0 Å². The van der Waals surface area contributed by atoms with Gasteiger partial charge >= 0.3 is 0 Å². The second-order valence-corrected chi connectivity index (χ2v) is 9.03. The minimum absolute atomic E-state index is 0.00807. The van der Waals surface area contributed by atoms with Crippen LogP contribution in [0.1, 0.15) is 55.5 Å². The molecule has 1 aliphatic carbocycles. The van der Waals surface area contributed by atoms with Crippen molar-refractivity contribution in [3.8, 4) is 11.5 Å². The van der Waals surface area contributed by atoms with Crippen molar-refractivity contribution in [2.24, 2.45) is 0 Å². The van der Waals surface area contributed by atoms with E-state index in [1.165, 1.54) is 11.3 Å². The molecule has 160 valence electrons. The zero-order valence-corrected chi connectivity index (χ0v) is 18.2. The zero-order valence-electron chi connectivity index (χ0n) is 17.4. The molecule has 2 aromatic rings. The number of carbonyl (C=O) groups is 2. The molecule has 2 heterocycles. The van der Waals surface area contributed by atoms with Crippen molar-refractivity contribution < 1.29 is 19.1 Å². The molecule has 4 rings (SSSR count). The summed E-state index contributed by atoms with van der Waals surface area (Å²) in [7, 11) is 1.60. The Balaban J connectivity index is 1.37. The number of hydrogen-bond acceptors (Lipinski definition) is 7. The van der Waals surface area contributed by atoms with Gasteiger partial charge < -0.3 is 14.4 Å².